The lowest BCUT2D eigenvalue weighted by molar-refractivity contribution is -0.254. The normalized spacial score (nSPS) is 15.3. The number of alkyl halides is 6. The van der Waals surface area contributed by atoms with E-state index in [9.17, 15) is 26.3 Å². The monoisotopic (exact) mass is 222 g/mol. The van der Waals surface area contributed by atoms with Crippen LogP contribution in [0.1, 0.15) is 0 Å². The molecule has 0 rings (SSSR count). The molecule has 0 spiro atoms. The van der Waals surface area contributed by atoms with Gasteiger partial charge in [0.1, 0.15) is 6.61 Å². The fourth-order valence-corrected chi connectivity index (χ4v) is 0.591. The number of rotatable bonds is 5. The Bertz CT molecular complexity index is 187. The van der Waals surface area contributed by atoms with E-state index >= 15 is 0 Å². The minimum absolute atomic E-state index is 0.361. The Kier molecular flexibility index (Phi) is 4.44. The van der Waals surface area contributed by atoms with Crippen LogP contribution in [0.5, 0.6) is 0 Å². The first-order valence-electron chi connectivity index (χ1n) is 3.49. The summed E-state index contributed by atoms with van der Waals surface area (Å²) in [5, 5.41) is 0. The smallest absolute Gasteiger partial charge is 0.371 e. The summed E-state index contributed by atoms with van der Waals surface area (Å²) < 4.78 is 75.5. The van der Waals surface area contributed by atoms with Crippen LogP contribution in [0, 0.1) is 0 Å². The molecule has 0 N–H and O–H groups in total. The second-order valence-electron chi connectivity index (χ2n) is 2.47. The molecule has 14 heavy (non-hydrogen) atoms. The molecule has 1 atom stereocenters. The fraction of sp³-hybridized carbons (Fsp3) is 0.714. The van der Waals surface area contributed by atoms with Gasteiger partial charge in [-0.2, -0.15) is 13.2 Å². The van der Waals surface area contributed by atoms with Gasteiger partial charge >= 0.3 is 12.1 Å². The molecule has 84 valence electrons. The lowest BCUT2D eigenvalue weighted by Crippen LogP contribution is -2.44. The van der Waals surface area contributed by atoms with Crippen LogP contribution in [-0.2, 0) is 4.74 Å². The lowest BCUT2D eigenvalue weighted by atomic mass is 10.2. The van der Waals surface area contributed by atoms with Gasteiger partial charge in [-0.05, 0) is 0 Å². The number of hydrogen-bond acceptors (Lipinski definition) is 1. The van der Waals surface area contributed by atoms with E-state index < -0.39 is 24.9 Å². The zero-order valence-electron chi connectivity index (χ0n) is 6.95. The standard InChI is InChI=1S/C7H8F6O/c1-2-3-14-4-6(9,10)5(8)7(11,12)13/h2,5H,1,3-4H2/t5-/m1/s1. The Balaban J connectivity index is 4.23. The number of hydrogen-bond donors (Lipinski definition) is 0. The van der Waals surface area contributed by atoms with Crippen molar-refractivity contribution in [3.05, 3.63) is 12.7 Å². The van der Waals surface area contributed by atoms with Gasteiger partial charge in [0.05, 0.1) is 6.61 Å². The van der Waals surface area contributed by atoms with Crippen molar-refractivity contribution < 1.29 is 31.1 Å². The summed E-state index contributed by atoms with van der Waals surface area (Å²) in [6.07, 6.45) is -8.72. The molecular formula is C7H8F6O. The summed E-state index contributed by atoms with van der Waals surface area (Å²) in [5.41, 5.74) is 0. The molecule has 0 aromatic heterocycles. The van der Waals surface area contributed by atoms with Crippen LogP contribution < -0.4 is 0 Å². The van der Waals surface area contributed by atoms with E-state index in [0.717, 1.165) is 6.08 Å². The molecule has 0 aromatic rings. The van der Waals surface area contributed by atoms with Crippen molar-refractivity contribution in [2.45, 2.75) is 18.3 Å². The minimum Gasteiger partial charge on any atom is -0.371 e. The summed E-state index contributed by atoms with van der Waals surface area (Å²) in [6, 6.07) is 0. The maximum absolute atomic E-state index is 12.4. The zero-order chi connectivity index (χ0) is 11.4. The van der Waals surface area contributed by atoms with Crippen molar-refractivity contribution >= 4 is 0 Å². The van der Waals surface area contributed by atoms with Crippen molar-refractivity contribution in [1.82, 2.24) is 0 Å². The molecule has 0 radical (unpaired) electrons. The van der Waals surface area contributed by atoms with Gasteiger partial charge < -0.3 is 4.74 Å². The average Bonchev–Trinajstić information content (AvgIpc) is 2.01. The van der Waals surface area contributed by atoms with Crippen molar-refractivity contribution in [2.24, 2.45) is 0 Å². The molecule has 0 fully saturated rings. The molecule has 0 aliphatic heterocycles. The van der Waals surface area contributed by atoms with Crippen molar-refractivity contribution in [3.8, 4) is 0 Å². The van der Waals surface area contributed by atoms with Gasteiger partial charge in [-0.3, -0.25) is 0 Å². The molecule has 0 unspecified atom stereocenters. The van der Waals surface area contributed by atoms with Gasteiger partial charge in [0.15, 0.2) is 0 Å². The summed E-state index contributed by atoms with van der Waals surface area (Å²) in [7, 11) is 0. The van der Waals surface area contributed by atoms with Crippen LogP contribution in [0.15, 0.2) is 12.7 Å². The molecule has 0 saturated carbocycles. The van der Waals surface area contributed by atoms with Crippen molar-refractivity contribution in [1.29, 1.82) is 0 Å². The van der Waals surface area contributed by atoms with Gasteiger partial charge in [-0.15, -0.1) is 6.58 Å². The van der Waals surface area contributed by atoms with E-state index in [4.69, 9.17) is 0 Å². The molecule has 0 bridgehead atoms. The quantitative estimate of drug-likeness (QED) is 0.395. The SMILES string of the molecule is C=CCOCC(F)(F)[C@@H](F)C(F)(F)F. The molecular weight excluding hydrogens is 214 g/mol. The molecule has 0 aliphatic rings. The fourth-order valence-electron chi connectivity index (χ4n) is 0.591. The van der Waals surface area contributed by atoms with E-state index in [1.807, 2.05) is 0 Å². The maximum atomic E-state index is 12.4. The Morgan fingerprint density at radius 2 is 1.71 bits per heavy atom. The van der Waals surface area contributed by atoms with Crippen LogP contribution in [0.2, 0.25) is 0 Å². The summed E-state index contributed by atoms with van der Waals surface area (Å²) in [6.45, 7) is 1.10. The molecule has 0 amide bonds. The highest BCUT2D eigenvalue weighted by Gasteiger charge is 2.56. The minimum atomic E-state index is -5.58. The Labute approximate surface area is 76.3 Å². The Hall–Kier alpha value is -0.720. The highest BCUT2D eigenvalue weighted by Crippen LogP contribution is 2.34. The predicted molar refractivity (Wildman–Crippen MR) is 36.9 cm³/mol. The summed E-state index contributed by atoms with van der Waals surface area (Å²) in [4.78, 5) is 0. The van der Waals surface area contributed by atoms with Crippen LogP contribution >= 0.6 is 0 Å². The largest absolute Gasteiger partial charge is 0.425 e. The lowest BCUT2D eigenvalue weighted by Gasteiger charge is -2.22. The highest BCUT2D eigenvalue weighted by atomic mass is 19.4. The third-order valence-corrected chi connectivity index (χ3v) is 1.19. The first-order chi connectivity index (χ1) is 6.22. The molecule has 1 nitrogen and oxygen atoms in total. The van der Waals surface area contributed by atoms with Crippen LogP contribution in [0.25, 0.3) is 0 Å². The second kappa shape index (κ2) is 4.68. The van der Waals surface area contributed by atoms with E-state index in [-0.39, 0.29) is 6.61 Å². The number of halogens is 6. The second-order valence-corrected chi connectivity index (χ2v) is 2.47. The van der Waals surface area contributed by atoms with E-state index in [0.29, 0.717) is 0 Å². The third-order valence-electron chi connectivity index (χ3n) is 1.19. The Morgan fingerprint density at radius 3 is 2.07 bits per heavy atom. The highest BCUT2D eigenvalue weighted by molar-refractivity contribution is 4.83. The zero-order valence-corrected chi connectivity index (χ0v) is 6.95. The van der Waals surface area contributed by atoms with Crippen LogP contribution in [0.4, 0.5) is 26.3 Å². The van der Waals surface area contributed by atoms with Crippen molar-refractivity contribution in [2.75, 3.05) is 13.2 Å². The van der Waals surface area contributed by atoms with E-state index in [1.54, 1.807) is 0 Å². The molecule has 0 aromatic carbocycles. The Morgan fingerprint density at radius 1 is 1.21 bits per heavy atom. The van der Waals surface area contributed by atoms with E-state index in [1.165, 1.54) is 0 Å². The van der Waals surface area contributed by atoms with Gasteiger partial charge in [0.2, 0.25) is 0 Å². The van der Waals surface area contributed by atoms with Crippen LogP contribution in [0.3, 0.4) is 0 Å². The molecule has 0 heterocycles. The maximum Gasteiger partial charge on any atom is 0.425 e. The van der Waals surface area contributed by atoms with Gasteiger partial charge in [0.25, 0.3) is 6.17 Å². The molecule has 7 heteroatoms. The third kappa shape index (κ3) is 3.99. The summed E-state index contributed by atoms with van der Waals surface area (Å²) in [5.74, 6) is -4.57. The molecule has 0 aliphatic carbocycles. The topological polar surface area (TPSA) is 9.23 Å². The number of ether oxygens (including phenoxy) is 1. The predicted octanol–water partition coefficient (Wildman–Crippen LogP) is 2.72. The molecule has 0 saturated heterocycles. The van der Waals surface area contributed by atoms with Gasteiger partial charge in [0, 0.05) is 0 Å². The average molecular weight is 222 g/mol. The first-order valence-corrected chi connectivity index (χ1v) is 3.49. The van der Waals surface area contributed by atoms with Gasteiger partial charge in [-0.1, -0.05) is 6.08 Å². The summed E-state index contributed by atoms with van der Waals surface area (Å²) >= 11 is 0. The van der Waals surface area contributed by atoms with Gasteiger partial charge in [-0.25, -0.2) is 13.2 Å². The van der Waals surface area contributed by atoms with E-state index in [2.05, 4.69) is 11.3 Å². The van der Waals surface area contributed by atoms with Crippen LogP contribution in [-0.4, -0.2) is 31.5 Å². The first kappa shape index (κ1) is 13.3. The van der Waals surface area contributed by atoms with Crippen molar-refractivity contribution in [3.63, 3.8) is 0 Å².